The minimum atomic E-state index is 0.355. The van der Waals surface area contributed by atoms with E-state index in [0.29, 0.717) is 24.0 Å². The summed E-state index contributed by atoms with van der Waals surface area (Å²) in [6.07, 6.45) is 5.99. The Morgan fingerprint density at radius 3 is 2.88 bits per heavy atom. The number of nitrogens with one attached hydrogen (secondary N) is 1. The summed E-state index contributed by atoms with van der Waals surface area (Å²) in [6.45, 7) is 5.30. The molecule has 5 heterocycles. The Kier molecular flexibility index (Phi) is 4.42. The van der Waals surface area contributed by atoms with Crippen molar-refractivity contribution in [3.05, 3.63) is 54.2 Å². The summed E-state index contributed by atoms with van der Waals surface area (Å²) >= 11 is 0. The normalized spacial score (nSPS) is 23.5. The van der Waals surface area contributed by atoms with Gasteiger partial charge in [0.25, 0.3) is 0 Å². The zero-order valence-corrected chi connectivity index (χ0v) is 18.8. The van der Waals surface area contributed by atoms with Gasteiger partial charge in [0, 0.05) is 42.8 Å². The van der Waals surface area contributed by atoms with Crippen LogP contribution in [0.25, 0.3) is 28.1 Å². The van der Waals surface area contributed by atoms with Crippen LogP contribution < -0.4 is 10.1 Å². The number of fused-ring (bicyclic) bond motifs is 4. The molecule has 0 amide bonds. The third-order valence-electron chi connectivity index (χ3n) is 7.59. The molecule has 2 saturated heterocycles. The van der Waals surface area contributed by atoms with Gasteiger partial charge in [-0.05, 0) is 55.9 Å². The van der Waals surface area contributed by atoms with E-state index in [0.717, 1.165) is 53.5 Å². The molecule has 7 nitrogen and oxygen atoms in total. The van der Waals surface area contributed by atoms with Crippen molar-refractivity contribution in [1.82, 2.24) is 29.8 Å². The standard InChI is InChI=1S/C26H28N6O/c1-16(31-14-20-11-21(31)12-27-20)19-8-10-24-29-30-26(32(24)13-19)22-9-7-18-3-2-4-23(25(18)28-22)33-15-17-5-6-17/h2-4,7-10,13,16-17,20-21,27H,5-6,11-12,14-15H2,1H3/t16?,20-,21-/m1/s1. The minimum absolute atomic E-state index is 0.355. The number of benzene rings is 1. The maximum Gasteiger partial charge on any atom is 0.187 e. The molecule has 7 heteroatoms. The van der Waals surface area contributed by atoms with E-state index in [1.165, 1.54) is 24.8 Å². The number of para-hydroxylation sites is 1. The lowest BCUT2D eigenvalue weighted by molar-refractivity contribution is 0.170. The van der Waals surface area contributed by atoms with Crippen molar-refractivity contribution in [2.24, 2.45) is 5.92 Å². The van der Waals surface area contributed by atoms with Crippen LogP contribution in [0.2, 0.25) is 0 Å². The Morgan fingerprint density at radius 2 is 2.06 bits per heavy atom. The van der Waals surface area contributed by atoms with Crippen molar-refractivity contribution in [3.63, 3.8) is 0 Å². The van der Waals surface area contributed by atoms with E-state index >= 15 is 0 Å². The zero-order chi connectivity index (χ0) is 21.9. The summed E-state index contributed by atoms with van der Waals surface area (Å²) in [5.41, 5.74) is 3.82. The maximum atomic E-state index is 6.12. The van der Waals surface area contributed by atoms with E-state index in [1.54, 1.807) is 0 Å². The quantitative estimate of drug-likeness (QED) is 0.491. The number of piperazine rings is 1. The highest BCUT2D eigenvalue weighted by Crippen LogP contribution is 2.34. The Morgan fingerprint density at radius 1 is 1.12 bits per heavy atom. The summed E-state index contributed by atoms with van der Waals surface area (Å²) in [7, 11) is 0. The lowest BCUT2D eigenvalue weighted by Gasteiger charge is -2.33. The number of rotatable bonds is 6. The van der Waals surface area contributed by atoms with Crippen LogP contribution in [0.4, 0.5) is 0 Å². The topological polar surface area (TPSA) is 67.6 Å². The van der Waals surface area contributed by atoms with Crippen LogP contribution in [0.5, 0.6) is 5.75 Å². The number of ether oxygens (including phenoxy) is 1. The Balaban J connectivity index is 1.25. The molecular weight excluding hydrogens is 412 g/mol. The van der Waals surface area contributed by atoms with Gasteiger partial charge in [-0.25, -0.2) is 4.98 Å². The predicted molar refractivity (Wildman–Crippen MR) is 127 cm³/mol. The Bertz CT molecular complexity index is 1350. The summed E-state index contributed by atoms with van der Waals surface area (Å²) in [6, 6.07) is 16.2. The third-order valence-corrected chi connectivity index (χ3v) is 7.59. The molecule has 1 N–H and O–H groups in total. The molecule has 3 aliphatic rings. The third kappa shape index (κ3) is 3.38. The lowest BCUT2D eigenvalue weighted by Crippen LogP contribution is -2.44. The molecule has 33 heavy (non-hydrogen) atoms. The summed E-state index contributed by atoms with van der Waals surface area (Å²) in [5.74, 6) is 2.32. The molecule has 1 aliphatic carbocycles. The second kappa shape index (κ2) is 7.50. The fraction of sp³-hybridized carbons (Fsp3) is 0.423. The summed E-state index contributed by atoms with van der Waals surface area (Å²) in [5, 5.41) is 13.6. The number of nitrogens with zero attached hydrogens (tertiary/aromatic N) is 5. The molecule has 2 bridgehead atoms. The van der Waals surface area contributed by atoms with E-state index < -0.39 is 0 Å². The fourth-order valence-electron chi connectivity index (χ4n) is 5.44. The van der Waals surface area contributed by atoms with E-state index in [-0.39, 0.29) is 0 Å². The first-order valence-electron chi connectivity index (χ1n) is 12.1. The first kappa shape index (κ1) is 19.4. The number of likely N-dealkylation sites (tertiary alicyclic amines) is 1. The van der Waals surface area contributed by atoms with Gasteiger partial charge in [-0.2, -0.15) is 0 Å². The molecule has 4 aromatic rings. The maximum absolute atomic E-state index is 6.12. The van der Waals surface area contributed by atoms with Crippen LogP contribution >= 0.6 is 0 Å². The van der Waals surface area contributed by atoms with Gasteiger partial charge >= 0.3 is 0 Å². The van der Waals surface area contributed by atoms with Crippen molar-refractivity contribution >= 4 is 16.6 Å². The van der Waals surface area contributed by atoms with Crippen LogP contribution in [-0.4, -0.2) is 56.3 Å². The second-order valence-corrected chi connectivity index (χ2v) is 9.86. The molecular formula is C26H28N6O. The monoisotopic (exact) mass is 440 g/mol. The smallest absolute Gasteiger partial charge is 0.187 e. The number of hydrogen-bond acceptors (Lipinski definition) is 6. The van der Waals surface area contributed by atoms with Crippen molar-refractivity contribution in [2.45, 2.75) is 44.3 Å². The number of pyridine rings is 2. The van der Waals surface area contributed by atoms with Gasteiger partial charge in [0.1, 0.15) is 17.0 Å². The average Bonchev–Trinajstić information content (AvgIpc) is 3.23. The fourth-order valence-corrected chi connectivity index (χ4v) is 5.44. The highest BCUT2D eigenvalue weighted by molar-refractivity contribution is 5.86. The van der Waals surface area contributed by atoms with Crippen LogP contribution in [-0.2, 0) is 0 Å². The second-order valence-electron chi connectivity index (χ2n) is 9.86. The van der Waals surface area contributed by atoms with Gasteiger partial charge in [-0.15, -0.1) is 10.2 Å². The van der Waals surface area contributed by atoms with E-state index in [1.807, 2.05) is 18.2 Å². The van der Waals surface area contributed by atoms with Crippen molar-refractivity contribution < 1.29 is 4.74 Å². The van der Waals surface area contributed by atoms with Gasteiger partial charge < -0.3 is 10.1 Å². The zero-order valence-electron chi connectivity index (χ0n) is 18.8. The Labute approximate surface area is 192 Å². The first-order valence-corrected chi connectivity index (χ1v) is 12.1. The predicted octanol–water partition coefficient (Wildman–Crippen LogP) is 3.84. The van der Waals surface area contributed by atoms with Crippen molar-refractivity contribution in [2.75, 3.05) is 19.7 Å². The molecule has 0 radical (unpaired) electrons. The minimum Gasteiger partial charge on any atom is -0.491 e. The van der Waals surface area contributed by atoms with Gasteiger partial charge in [-0.1, -0.05) is 24.3 Å². The van der Waals surface area contributed by atoms with Gasteiger partial charge in [0.05, 0.1) is 6.61 Å². The number of hydrogen-bond donors (Lipinski definition) is 1. The Hall–Kier alpha value is -3.03. The highest BCUT2D eigenvalue weighted by Gasteiger charge is 2.40. The van der Waals surface area contributed by atoms with E-state index in [9.17, 15) is 0 Å². The molecule has 1 unspecified atom stereocenters. The van der Waals surface area contributed by atoms with E-state index in [2.05, 4.69) is 62.2 Å². The molecule has 168 valence electrons. The first-order chi connectivity index (χ1) is 16.2. The molecule has 3 fully saturated rings. The molecule has 7 rings (SSSR count). The van der Waals surface area contributed by atoms with Crippen LogP contribution in [0.1, 0.15) is 37.8 Å². The lowest BCUT2D eigenvalue weighted by atomic mass is 10.1. The van der Waals surface area contributed by atoms with Gasteiger partial charge in [0.2, 0.25) is 0 Å². The number of aromatic nitrogens is 4. The SMILES string of the molecule is CC(c1ccc2nnc(-c3ccc4cccc(OCC5CC5)c4n3)n2c1)N1C[C@H]2C[C@@H]1CN2. The van der Waals surface area contributed by atoms with Crippen LogP contribution in [0.15, 0.2) is 48.7 Å². The summed E-state index contributed by atoms with van der Waals surface area (Å²) < 4.78 is 8.20. The van der Waals surface area contributed by atoms with Crippen LogP contribution in [0.3, 0.4) is 0 Å². The molecule has 1 saturated carbocycles. The molecule has 3 aromatic heterocycles. The molecule has 3 atom stereocenters. The molecule has 2 aliphatic heterocycles. The average molecular weight is 441 g/mol. The van der Waals surface area contributed by atoms with Gasteiger partial charge in [-0.3, -0.25) is 9.30 Å². The molecule has 0 spiro atoms. The highest BCUT2D eigenvalue weighted by atomic mass is 16.5. The largest absolute Gasteiger partial charge is 0.491 e. The summed E-state index contributed by atoms with van der Waals surface area (Å²) in [4.78, 5) is 7.61. The van der Waals surface area contributed by atoms with E-state index in [4.69, 9.17) is 9.72 Å². The van der Waals surface area contributed by atoms with Crippen molar-refractivity contribution in [3.8, 4) is 17.3 Å². The molecule has 1 aromatic carbocycles. The van der Waals surface area contributed by atoms with Crippen LogP contribution in [0, 0.1) is 5.92 Å². The van der Waals surface area contributed by atoms with Crippen molar-refractivity contribution in [1.29, 1.82) is 0 Å². The van der Waals surface area contributed by atoms with Gasteiger partial charge in [0.15, 0.2) is 11.5 Å².